The van der Waals surface area contributed by atoms with Crippen LogP contribution < -0.4 is 16.0 Å². The predicted octanol–water partition coefficient (Wildman–Crippen LogP) is 6.26. The van der Waals surface area contributed by atoms with E-state index >= 15 is 0 Å². The number of nitrogens with one attached hydrogen (secondary N) is 1. The van der Waals surface area contributed by atoms with E-state index in [0.717, 1.165) is 31.9 Å². The predicted molar refractivity (Wildman–Crippen MR) is 152 cm³/mol. The number of allylic oxidation sites excluding steroid dienone is 2. The maximum absolute atomic E-state index is 13.0. The molecule has 8 heteroatoms. The third-order valence-electron chi connectivity index (χ3n) is 6.93. The fourth-order valence-corrected chi connectivity index (χ4v) is 6.16. The SMILES string of the molecule is O=c1oc2ccccc2cc1C1=NN(c2nc(-c3ccc(Br)cc3)cs2)C(C2=CC3C=CC=CC3N2)C1. The van der Waals surface area contributed by atoms with Crippen LogP contribution in [0.3, 0.4) is 0 Å². The number of nitrogens with zero attached hydrogens (tertiary/aromatic N) is 3. The lowest BCUT2D eigenvalue weighted by molar-refractivity contribution is 0.559. The molecule has 4 aromatic rings. The summed E-state index contributed by atoms with van der Waals surface area (Å²) in [4.78, 5) is 17.9. The van der Waals surface area contributed by atoms with Crippen LogP contribution in [0.1, 0.15) is 12.0 Å². The van der Waals surface area contributed by atoms with E-state index in [9.17, 15) is 4.79 Å². The van der Waals surface area contributed by atoms with E-state index in [1.165, 1.54) is 0 Å². The maximum Gasteiger partial charge on any atom is 0.345 e. The van der Waals surface area contributed by atoms with E-state index < -0.39 is 0 Å². The van der Waals surface area contributed by atoms with Crippen molar-refractivity contribution in [3.05, 3.63) is 117 Å². The number of hydrogen-bond donors (Lipinski definition) is 1. The van der Waals surface area contributed by atoms with E-state index in [1.54, 1.807) is 17.4 Å². The Morgan fingerprint density at radius 1 is 1.08 bits per heavy atom. The van der Waals surface area contributed by atoms with Crippen molar-refractivity contribution >= 4 is 49.1 Å². The Bertz CT molecular complexity index is 1700. The van der Waals surface area contributed by atoms with Crippen molar-refractivity contribution < 1.29 is 4.42 Å². The van der Waals surface area contributed by atoms with Crippen molar-refractivity contribution in [2.45, 2.75) is 18.5 Å². The zero-order chi connectivity index (χ0) is 24.9. The highest BCUT2D eigenvalue weighted by molar-refractivity contribution is 9.10. The first-order chi connectivity index (χ1) is 18.1. The molecule has 1 aliphatic carbocycles. The van der Waals surface area contributed by atoms with Gasteiger partial charge in [-0.15, -0.1) is 11.3 Å². The van der Waals surface area contributed by atoms with Gasteiger partial charge in [-0.05, 0) is 24.3 Å². The summed E-state index contributed by atoms with van der Waals surface area (Å²) in [5.74, 6) is 0.297. The van der Waals surface area contributed by atoms with E-state index in [4.69, 9.17) is 14.5 Å². The van der Waals surface area contributed by atoms with Gasteiger partial charge in [-0.3, -0.25) is 0 Å². The average molecular weight is 569 g/mol. The van der Waals surface area contributed by atoms with Crippen molar-refractivity contribution in [3.8, 4) is 11.3 Å². The normalized spacial score (nSPS) is 22.2. The molecule has 3 unspecified atom stereocenters. The summed E-state index contributed by atoms with van der Waals surface area (Å²) in [6.45, 7) is 0. The number of rotatable bonds is 4. The Morgan fingerprint density at radius 2 is 1.92 bits per heavy atom. The first kappa shape index (κ1) is 22.4. The quantitative estimate of drug-likeness (QED) is 0.294. The van der Waals surface area contributed by atoms with E-state index in [1.807, 2.05) is 53.5 Å². The highest BCUT2D eigenvalue weighted by Gasteiger charge is 2.38. The molecular formula is C29H21BrN4O2S. The Morgan fingerprint density at radius 3 is 2.78 bits per heavy atom. The monoisotopic (exact) mass is 568 g/mol. The number of anilines is 1. The molecule has 6 nitrogen and oxygen atoms in total. The number of benzene rings is 2. The number of aromatic nitrogens is 1. The van der Waals surface area contributed by atoms with Crippen LogP contribution in [0.25, 0.3) is 22.2 Å². The molecule has 37 heavy (non-hydrogen) atoms. The number of fused-ring (bicyclic) bond motifs is 2. The summed E-state index contributed by atoms with van der Waals surface area (Å²) in [6, 6.07) is 17.7. The first-order valence-corrected chi connectivity index (χ1v) is 13.7. The van der Waals surface area contributed by atoms with Gasteiger partial charge < -0.3 is 9.73 Å². The van der Waals surface area contributed by atoms with Gasteiger partial charge in [0, 0.05) is 38.8 Å². The summed E-state index contributed by atoms with van der Waals surface area (Å²) in [5, 5.41) is 14.3. The van der Waals surface area contributed by atoms with Gasteiger partial charge >= 0.3 is 5.63 Å². The Balaban J connectivity index is 1.29. The molecule has 3 atom stereocenters. The van der Waals surface area contributed by atoms with Crippen LogP contribution in [0.2, 0.25) is 0 Å². The van der Waals surface area contributed by atoms with E-state index in [0.29, 0.717) is 29.2 Å². The summed E-state index contributed by atoms with van der Waals surface area (Å²) < 4.78 is 6.66. The molecule has 7 rings (SSSR count). The van der Waals surface area contributed by atoms with E-state index in [-0.39, 0.29) is 17.7 Å². The van der Waals surface area contributed by atoms with Crippen molar-refractivity contribution in [1.82, 2.24) is 10.3 Å². The molecule has 0 saturated carbocycles. The van der Waals surface area contributed by atoms with Crippen LogP contribution in [0.4, 0.5) is 5.13 Å². The molecule has 0 amide bonds. The van der Waals surface area contributed by atoms with Gasteiger partial charge in [0.2, 0.25) is 5.13 Å². The zero-order valence-corrected chi connectivity index (χ0v) is 21.9. The van der Waals surface area contributed by atoms with Crippen molar-refractivity contribution in [2.75, 3.05) is 5.01 Å². The zero-order valence-electron chi connectivity index (χ0n) is 19.5. The van der Waals surface area contributed by atoms with Crippen LogP contribution in [-0.2, 0) is 0 Å². The number of thiazole rings is 1. The fourth-order valence-electron chi connectivity index (χ4n) is 5.06. The lowest BCUT2D eigenvalue weighted by Crippen LogP contribution is -2.36. The number of halogens is 1. The van der Waals surface area contributed by atoms with Gasteiger partial charge in [-0.2, -0.15) is 5.10 Å². The molecule has 0 radical (unpaired) electrons. The molecule has 2 aromatic heterocycles. The van der Waals surface area contributed by atoms with Crippen LogP contribution in [0.5, 0.6) is 0 Å². The second-order valence-electron chi connectivity index (χ2n) is 9.26. The third kappa shape index (κ3) is 4.06. The van der Waals surface area contributed by atoms with Gasteiger partial charge in [-0.25, -0.2) is 14.8 Å². The van der Waals surface area contributed by atoms with Gasteiger partial charge in [0.05, 0.1) is 29.1 Å². The van der Waals surface area contributed by atoms with Crippen molar-refractivity contribution in [2.24, 2.45) is 11.0 Å². The minimum absolute atomic E-state index is 0.0998. The molecule has 4 heterocycles. The molecule has 0 spiro atoms. The van der Waals surface area contributed by atoms with E-state index in [2.05, 4.69) is 57.0 Å². The smallest absolute Gasteiger partial charge is 0.345 e. The van der Waals surface area contributed by atoms with Crippen molar-refractivity contribution in [3.63, 3.8) is 0 Å². The molecule has 3 aliphatic rings. The minimum atomic E-state index is -0.374. The molecule has 2 aromatic carbocycles. The molecule has 0 saturated heterocycles. The molecule has 182 valence electrons. The second-order valence-corrected chi connectivity index (χ2v) is 11.0. The van der Waals surface area contributed by atoms with Gasteiger partial charge in [0.15, 0.2) is 0 Å². The number of hydrazone groups is 1. The van der Waals surface area contributed by atoms with Crippen LogP contribution in [0.15, 0.2) is 115 Å². The number of hydrogen-bond acceptors (Lipinski definition) is 7. The van der Waals surface area contributed by atoms with Gasteiger partial charge in [-0.1, -0.05) is 76.6 Å². The van der Waals surface area contributed by atoms with Crippen molar-refractivity contribution in [1.29, 1.82) is 0 Å². The van der Waals surface area contributed by atoms with Crippen LogP contribution >= 0.6 is 27.3 Å². The summed E-state index contributed by atoms with van der Waals surface area (Å²) >= 11 is 5.05. The highest BCUT2D eigenvalue weighted by atomic mass is 79.9. The lowest BCUT2D eigenvalue weighted by atomic mass is 9.97. The highest BCUT2D eigenvalue weighted by Crippen LogP contribution is 2.37. The number of para-hydroxylation sites is 1. The maximum atomic E-state index is 13.0. The molecule has 2 aliphatic heterocycles. The topological polar surface area (TPSA) is 70.7 Å². The largest absolute Gasteiger partial charge is 0.422 e. The fraction of sp³-hybridized carbons (Fsp3) is 0.138. The summed E-state index contributed by atoms with van der Waals surface area (Å²) in [5.41, 5.74) is 4.43. The lowest BCUT2D eigenvalue weighted by Gasteiger charge is -2.24. The molecule has 0 bridgehead atoms. The first-order valence-electron chi connectivity index (χ1n) is 12.1. The van der Waals surface area contributed by atoms with Crippen LogP contribution in [0, 0.1) is 5.92 Å². The second kappa shape index (κ2) is 8.97. The standard InChI is InChI=1S/C29H21BrN4O2S/c30-20-11-9-17(10-12-20)25-16-37-29(32-25)34-26(24-14-18-5-1-3-7-22(18)31-24)15-23(33-34)21-13-19-6-2-4-8-27(19)36-28(21)35/h1-14,16,18,22,26,31H,15H2. The van der Waals surface area contributed by atoms with Crippen LogP contribution in [-0.4, -0.2) is 22.8 Å². The van der Waals surface area contributed by atoms with Gasteiger partial charge in [0.25, 0.3) is 0 Å². The van der Waals surface area contributed by atoms with Gasteiger partial charge in [0.1, 0.15) is 5.58 Å². The summed E-state index contributed by atoms with van der Waals surface area (Å²) in [7, 11) is 0. The Labute approximate surface area is 225 Å². The Hall–Kier alpha value is -3.75. The summed E-state index contributed by atoms with van der Waals surface area (Å²) in [6.07, 6.45) is 11.4. The molecule has 1 N–H and O–H groups in total. The third-order valence-corrected chi connectivity index (χ3v) is 8.29. The molecular weight excluding hydrogens is 548 g/mol. The Kier molecular flexibility index (Phi) is 5.44. The molecule has 0 fully saturated rings. The minimum Gasteiger partial charge on any atom is -0.422 e. The average Bonchev–Trinajstić information content (AvgIpc) is 3.66.